The lowest BCUT2D eigenvalue weighted by Gasteiger charge is -2.15. The number of benzene rings is 2. The number of aromatic nitrogens is 1. The minimum atomic E-state index is -0.0474. The summed E-state index contributed by atoms with van der Waals surface area (Å²) in [5, 5.41) is 2.75. The number of carbonyl (C=O) groups is 1. The zero-order chi connectivity index (χ0) is 19.0. The van der Waals surface area contributed by atoms with E-state index in [-0.39, 0.29) is 17.9 Å². The van der Waals surface area contributed by atoms with Crippen LogP contribution in [-0.4, -0.2) is 34.9 Å². The molecule has 4 nitrogen and oxygen atoms in total. The molecule has 1 aliphatic heterocycles. The Morgan fingerprint density at radius 2 is 1.93 bits per heavy atom. The van der Waals surface area contributed by atoms with Crippen LogP contribution in [0.15, 0.2) is 53.9 Å². The summed E-state index contributed by atoms with van der Waals surface area (Å²) in [6.45, 7) is 5.36. The molecule has 0 radical (unpaired) electrons. The van der Waals surface area contributed by atoms with Crippen molar-refractivity contribution < 1.29 is 4.79 Å². The second kappa shape index (κ2) is 7.25. The molecule has 0 unspecified atom stereocenters. The number of hydrogen-bond donors (Lipinski definition) is 1. The molecule has 0 saturated carbocycles. The van der Waals surface area contributed by atoms with Gasteiger partial charge in [-0.25, -0.2) is 4.98 Å². The van der Waals surface area contributed by atoms with Gasteiger partial charge in [0, 0.05) is 36.0 Å². The van der Waals surface area contributed by atoms with Crippen molar-refractivity contribution in [3.05, 3.63) is 76.3 Å². The Morgan fingerprint density at radius 3 is 2.67 bits per heavy atom. The third-order valence-corrected chi connectivity index (χ3v) is 6.09. The van der Waals surface area contributed by atoms with E-state index in [4.69, 9.17) is 5.73 Å². The molecule has 5 heteroatoms. The van der Waals surface area contributed by atoms with E-state index in [2.05, 4.69) is 49.2 Å². The lowest BCUT2D eigenvalue weighted by molar-refractivity contribution is 0.0784. The number of nitrogens with zero attached hydrogens (tertiary/aromatic N) is 2. The minimum absolute atomic E-state index is 0.0313. The van der Waals surface area contributed by atoms with Crippen LogP contribution >= 0.6 is 11.3 Å². The summed E-state index contributed by atoms with van der Waals surface area (Å²) in [4.78, 5) is 19.4. The van der Waals surface area contributed by atoms with Crippen LogP contribution in [0.3, 0.4) is 0 Å². The van der Waals surface area contributed by atoms with Gasteiger partial charge >= 0.3 is 0 Å². The second-order valence-corrected chi connectivity index (χ2v) is 8.11. The Balaban J connectivity index is 1.53. The Bertz CT molecular complexity index is 967. The molecule has 2 heterocycles. The van der Waals surface area contributed by atoms with Gasteiger partial charge in [0.25, 0.3) is 5.91 Å². The van der Waals surface area contributed by atoms with Gasteiger partial charge in [-0.15, -0.1) is 11.3 Å². The Kier molecular flexibility index (Phi) is 4.81. The molecule has 1 saturated heterocycles. The van der Waals surface area contributed by atoms with Gasteiger partial charge < -0.3 is 10.6 Å². The van der Waals surface area contributed by atoms with Crippen molar-refractivity contribution in [2.24, 2.45) is 5.73 Å². The smallest absolute Gasteiger partial charge is 0.273 e. The second-order valence-electron chi connectivity index (χ2n) is 7.25. The highest BCUT2D eigenvalue weighted by atomic mass is 32.1. The third-order valence-electron chi connectivity index (χ3n) is 5.22. The first-order valence-electron chi connectivity index (χ1n) is 9.16. The van der Waals surface area contributed by atoms with Crippen LogP contribution in [0.2, 0.25) is 0 Å². The maximum absolute atomic E-state index is 13.0. The highest BCUT2D eigenvalue weighted by Gasteiger charge is 2.35. The van der Waals surface area contributed by atoms with Crippen molar-refractivity contribution >= 4 is 17.2 Å². The monoisotopic (exact) mass is 377 g/mol. The molecule has 4 rings (SSSR count). The lowest BCUT2D eigenvalue weighted by Crippen LogP contribution is -2.32. The van der Waals surface area contributed by atoms with Crippen LogP contribution in [0.4, 0.5) is 0 Å². The predicted octanol–water partition coefficient (Wildman–Crippen LogP) is 3.99. The first kappa shape index (κ1) is 17.9. The van der Waals surface area contributed by atoms with Crippen LogP contribution in [-0.2, 0) is 0 Å². The fourth-order valence-corrected chi connectivity index (χ4v) is 4.64. The summed E-state index contributed by atoms with van der Waals surface area (Å²) in [6, 6.07) is 16.4. The molecule has 27 heavy (non-hydrogen) atoms. The first-order chi connectivity index (χ1) is 13.0. The molecule has 1 aliphatic rings. The average Bonchev–Trinajstić information content (AvgIpc) is 3.29. The summed E-state index contributed by atoms with van der Waals surface area (Å²) in [7, 11) is 0. The van der Waals surface area contributed by atoms with Crippen LogP contribution in [0.5, 0.6) is 0 Å². The zero-order valence-corrected chi connectivity index (χ0v) is 16.4. The largest absolute Gasteiger partial charge is 0.335 e. The first-order valence-corrected chi connectivity index (χ1v) is 10.0. The molecule has 1 amide bonds. The van der Waals surface area contributed by atoms with Gasteiger partial charge in [0.1, 0.15) is 10.7 Å². The van der Waals surface area contributed by atoms with Crippen LogP contribution < -0.4 is 5.73 Å². The summed E-state index contributed by atoms with van der Waals surface area (Å²) in [5.74, 6) is 0.142. The van der Waals surface area contributed by atoms with Crippen LogP contribution in [0.1, 0.15) is 33.1 Å². The van der Waals surface area contributed by atoms with Gasteiger partial charge in [0.15, 0.2) is 0 Å². The van der Waals surface area contributed by atoms with E-state index < -0.39 is 0 Å². The number of aryl methyl sites for hydroxylation is 2. The van der Waals surface area contributed by atoms with E-state index in [9.17, 15) is 4.79 Å². The molecule has 2 aromatic carbocycles. The maximum atomic E-state index is 13.0. The maximum Gasteiger partial charge on any atom is 0.273 e. The molecule has 2 atom stereocenters. The van der Waals surface area contributed by atoms with Gasteiger partial charge in [-0.3, -0.25) is 4.79 Å². The van der Waals surface area contributed by atoms with Crippen molar-refractivity contribution in [3.8, 4) is 10.6 Å². The fraction of sp³-hybridized carbons (Fsp3) is 0.273. The number of rotatable bonds is 3. The van der Waals surface area contributed by atoms with Crippen molar-refractivity contribution in [1.29, 1.82) is 0 Å². The van der Waals surface area contributed by atoms with Crippen molar-refractivity contribution in [2.75, 3.05) is 13.1 Å². The highest BCUT2D eigenvalue weighted by Crippen LogP contribution is 2.30. The number of carbonyl (C=O) groups excluding carboxylic acids is 1. The molecular formula is C22H23N3OS. The average molecular weight is 378 g/mol. The van der Waals surface area contributed by atoms with Gasteiger partial charge in [0.05, 0.1) is 0 Å². The SMILES string of the molecule is Cc1ccc(-c2nc(C(=O)N3C[C@@H](N)[C@H](c4ccccc4)C3)cs2)c(C)c1. The molecule has 138 valence electrons. The van der Waals surface area contributed by atoms with Crippen LogP contribution in [0, 0.1) is 13.8 Å². The topological polar surface area (TPSA) is 59.2 Å². The van der Waals surface area contributed by atoms with Gasteiger partial charge in [-0.05, 0) is 25.0 Å². The molecule has 0 aliphatic carbocycles. The van der Waals surface area contributed by atoms with E-state index in [0.717, 1.165) is 10.6 Å². The van der Waals surface area contributed by atoms with E-state index in [1.54, 1.807) is 0 Å². The molecular weight excluding hydrogens is 354 g/mol. The molecule has 0 spiro atoms. The van der Waals surface area contributed by atoms with E-state index in [1.807, 2.05) is 28.5 Å². The van der Waals surface area contributed by atoms with Gasteiger partial charge in [-0.1, -0.05) is 54.1 Å². The standard InChI is InChI=1S/C22H23N3OS/c1-14-8-9-17(15(2)10-14)21-24-20(13-27-21)22(26)25-11-18(19(23)12-25)16-6-4-3-5-7-16/h3-10,13,18-19H,11-12,23H2,1-2H3/t18-,19+/m0/s1. The van der Waals surface area contributed by atoms with E-state index in [0.29, 0.717) is 18.8 Å². The summed E-state index contributed by atoms with van der Waals surface area (Å²) < 4.78 is 0. The lowest BCUT2D eigenvalue weighted by atomic mass is 9.95. The van der Waals surface area contributed by atoms with Gasteiger partial charge in [0.2, 0.25) is 0 Å². The summed E-state index contributed by atoms with van der Waals surface area (Å²) in [5.41, 5.74) is 11.5. The number of amides is 1. The summed E-state index contributed by atoms with van der Waals surface area (Å²) >= 11 is 1.52. The third kappa shape index (κ3) is 3.53. The summed E-state index contributed by atoms with van der Waals surface area (Å²) in [6.07, 6.45) is 0. The van der Waals surface area contributed by atoms with E-state index in [1.165, 1.54) is 28.0 Å². The Morgan fingerprint density at radius 1 is 1.15 bits per heavy atom. The number of nitrogens with two attached hydrogens (primary N) is 1. The quantitative estimate of drug-likeness (QED) is 0.751. The van der Waals surface area contributed by atoms with Gasteiger partial charge in [-0.2, -0.15) is 0 Å². The Hall–Kier alpha value is -2.50. The highest BCUT2D eigenvalue weighted by molar-refractivity contribution is 7.13. The van der Waals surface area contributed by atoms with Crippen molar-refractivity contribution in [1.82, 2.24) is 9.88 Å². The fourth-order valence-electron chi connectivity index (χ4n) is 3.76. The van der Waals surface area contributed by atoms with Crippen LogP contribution in [0.25, 0.3) is 10.6 Å². The molecule has 1 aromatic heterocycles. The zero-order valence-electron chi connectivity index (χ0n) is 15.6. The van der Waals surface area contributed by atoms with Crippen molar-refractivity contribution in [2.45, 2.75) is 25.8 Å². The van der Waals surface area contributed by atoms with E-state index >= 15 is 0 Å². The Labute approximate surface area is 163 Å². The number of thiazole rings is 1. The molecule has 3 aromatic rings. The number of likely N-dealkylation sites (tertiary alicyclic amines) is 1. The molecule has 2 N–H and O–H groups in total. The van der Waals surface area contributed by atoms with Crippen molar-refractivity contribution in [3.63, 3.8) is 0 Å². The number of hydrogen-bond acceptors (Lipinski definition) is 4. The predicted molar refractivity (Wildman–Crippen MR) is 110 cm³/mol. The minimum Gasteiger partial charge on any atom is -0.335 e. The molecule has 1 fully saturated rings. The molecule has 0 bridgehead atoms. The normalized spacial score (nSPS) is 19.4.